The van der Waals surface area contributed by atoms with E-state index in [1.54, 1.807) is 0 Å². The Morgan fingerprint density at radius 2 is 1.95 bits per heavy atom. The molecule has 0 radical (unpaired) electrons. The molecule has 0 aliphatic carbocycles. The van der Waals surface area contributed by atoms with Gasteiger partial charge in [0.1, 0.15) is 0 Å². The van der Waals surface area contributed by atoms with Crippen LogP contribution in [0.4, 0.5) is 0 Å². The van der Waals surface area contributed by atoms with Crippen LogP contribution < -0.4 is 5.32 Å². The van der Waals surface area contributed by atoms with E-state index in [-0.39, 0.29) is 0 Å². The van der Waals surface area contributed by atoms with Gasteiger partial charge < -0.3 is 5.32 Å². The third-order valence-corrected chi connectivity index (χ3v) is 3.99. The molecule has 19 heavy (non-hydrogen) atoms. The van der Waals surface area contributed by atoms with Crippen molar-refractivity contribution in [2.75, 3.05) is 6.54 Å². The van der Waals surface area contributed by atoms with Gasteiger partial charge in [-0.2, -0.15) is 5.10 Å². The third kappa shape index (κ3) is 4.50. The van der Waals surface area contributed by atoms with Gasteiger partial charge >= 0.3 is 0 Å². The summed E-state index contributed by atoms with van der Waals surface area (Å²) in [6.45, 7) is 10.6. The highest BCUT2D eigenvalue weighted by Gasteiger charge is 2.15. The Kier molecular flexibility index (Phi) is 7.47. The lowest BCUT2D eigenvalue weighted by atomic mass is 10.0. The number of rotatable bonds is 9. The van der Waals surface area contributed by atoms with Crippen molar-refractivity contribution in [3.8, 4) is 0 Å². The second-order valence-corrected chi connectivity index (χ2v) is 5.34. The standard InChI is InChI=1S/C15H28ClN3/c1-5-9-12(17-7-3)10-11-14-15(16)13(6-2)18-19(14)8-4/h12,17H,5-11H2,1-4H3. The fraction of sp³-hybridized carbons (Fsp3) is 0.800. The summed E-state index contributed by atoms with van der Waals surface area (Å²) in [7, 11) is 0. The number of hydrogen-bond acceptors (Lipinski definition) is 2. The lowest BCUT2D eigenvalue weighted by Gasteiger charge is -2.17. The second-order valence-electron chi connectivity index (χ2n) is 4.96. The summed E-state index contributed by atoms with van der Waals surface area (Å²) in [6.07, 6.45) is 5.50. The molecule has 0 spiro atoms. The van der Waals surface area contributed by atoms with E-state index in [2.05, 4.69) is 42.8 Å². The third-order valence-electron chi connectivity index (χ3n) is 3.55. The van der Waals surface area contributed by atoms with E-state index in [4.69, 9.17) is 11.6 Å². The van der Waals surface area contributed by atoms with Crippen LogP contribution in [-0.2, 0) is 19.4 Å². The zero-order valence-electron chi connectivity index (χ0n) is 12.8. The number of aryl methyl sites for hydroxylation is 2. The smallest absolute Gasteiger partial charge is 0.0849 e. The van der Waals surface area contributed by atoms with Gasteiger partial charge in [-0.05, 0) is 39.2 Å². The maximum atomic E-state index is 6.44. The molecule has 1 rings (SSSR count). The quantitative estimate of drug-likeness (QED) is 0.747. The first-order chi connectivity index (χ1) is 9.17. The van der Waals surface area contributed by atoms with E-state index >= 15 is 0 Å². The van der Waals surface area contributed by atoms with E-state index in [0.717, 1.165) is 43.1 Å². The van der Waals surface area contributed by atoms with Gasteiger partial charge in [0, 0.05) is 12.6 Å². The molecule has 1 unspecified atom stereocenters. The lowest BCUT2D eigenvalue weighted by Crippen LogP contribution is -2.29. The average Bonchev–Trinajstić information content (AvgIpc) is 2.72. The van der Waals surface area contributed by atoms with Crippen LogP contribution >= 0.6 is 11.6 Å². The predicted molar refractivity (Wildman–Crippen MR) is 83.0 cm³/mol. The number of nitrogens with zero attached hydrogens (tertiary/aromatic N) is 2. The molecule has 1 atom stereocenters. The van der Waals surface area contributed by atoms with E-state index in [1.165, 1.54) is 18.5 Å². The second kappa shape index (κ2) is 8.60. The van der Waals surface area contributed by atoms with E-state index in [0.29, 0.717) is 6.04 Å². The summed E-state index contributed by atoms with van der Waals surface area (Å²) < 4.78 is 2.07. The molecular weight excluding hydrogens is 258 g/mol. The maximum absolute atomic E-state index is 6.44. The first-order valence-electron chi connectivity index (χ1n) is 7.65. The number of halogens is 1. The highest BCUT2D eigenvalue weighted by Crippen LogP contribution is 2.23. The molecule has 4 heteroatoms. The molecule has 0 saturated heterocycles. The average molecular weight is 286 g/mol. The van der Waals surface area contributed by atoms with Crippen molar-refractivity contribution in [2.24, 2.45) is 0 Å². The van der Waals surface area contributed by atoms with Crippen molar-refractivity contribution in [1.82, 2.24) is 15.1 Å². The van der Waals surface area contributed by atoms with Crippen LogP contribution in [0, 0.1) is 0 Å². The summed E-state index contributed by atoms with van der Waals surface area (Å²) in [6, 6.07) is 0.594. The van der Waals surface area contributed by atoms with Crippen LogP contribution in [-0.4, -0.2) is 22.4 Å². The van der Waals surface area contributed by atoms with Crippen molar-refractivity contribution < 1.29 is 0 Å². The van der Waals surface area contributed by atoms with Crippen LogP contribution in [0.1, 0.15) is 58.3 Å². The van der Waals surface area contributed by atoms with Crippen molar-refractivity contribution in [1.29, 1.82) is 0 Å². The molecule has 110 valence electrons. The summed E-state index contributed by atoms with van der Waals surface area (Å²) in [5.41, 5.74) is 2.24. The number of aromatic nitrogens is 2. The monoisotopic (exact) mass is 285 g/mol. The SMILES string of the molecule is CCCC(CCc1c(Cl)c(CC)nn1CC)NCC. The number of hydrogen-bond donors (Lipinski definition) is 1. The van der Waals surface area contributed by atoms with Crippen LogP contribution in [0.5, 0.6) is 0 Å². The number of nitrogens with one attached hydrogen (secondary N) is 1. The summed E-state index contributed by atoms with van der Waals surface area (Å²) in [5.74, 6) is 0. The largest absolute Gasteiger partial charge is 0.314 e. The fourth-order valence-electron chi connectivity index (χ4n) is 2.55. The first kappa shape index (κ1) is 16.5. The Bertz CT molecular complexity index is 368. The first-order valence-corrected chi connectivity index (χ1v) is 8.02. The summed E-state index contributed by atoms with van der Waals surface area (Å²) in [4.78, 5) is 0. The van der Waals surface area contributed by atoms with E-state index in [9.17, 15) is 0 Å². The molecule has 0 aliphatic heterocycles. The molecule has 0 amide bonds. The molecule has 3 nitrogen and oxygen atoms in total. The Hall–Kier alpha value is -0.540. The van der Waals surface area contributed by atoms with Crippen LogP contribution in [0.25, 0.3) is 0 Å². The van der Waals surface area contributed by atoms with Crippen LogP contribution in [0.3, 0.4) is 0 Å². The molecule has 0 saturated carbocycles. The van der Waals surface area contributed by atoms with Crippen molar-refractivity contribution in [3.05, 3.63) is 16.4 Å². The molecule has 1 aromatic rings. The Morgan fingerprint density at radius 1 is 1.21 bits per heavy atom. The zero-order valence-corrected chi connectivity index (χ0v) is 13.6. The van der Waals surface area contributed by atoms with Crippen LogP contribution in [0.15, 0.2) is 0 Å². The van der Waals surface area contributed by atoms with E-state index < -0.39 is 0 Å². The lowest BCUT2D eigenvalue weighted by molar-refractivity contribution is 0.452. The molecule has 0 fully saturated rings. The fourth-order valence-corrected chi connectivity index (χ4v) is 2.92. The van der Waals surface area contributed by atoms with Gasteiger partial charge in [-0.25, -0.2) is 0 Å². The minimum atomic E-state index is 0.594. The van der Waals surface area contributed by atoms with Crippen molar-refractivity contribution >= 4 is 11.6 Å². The molecule has 1 heterocycles. The minimum Gasteiger partial charge on any atom is -0.314 e. The highest BCUT2D eigenvalue weighted by molar-refractivity contribution is 6.31. The Morgan fingerprint density at radius 3 is 2.47 bits per heavy atom. The van der Waals surface area contributed by atoms with Gasteiger partial charge in [0.15, 0.2) is 0 Å². The van der Waals surface area contributed by atoms with Crippen LogP contribution in [0.2, 0.25) is 5.02 Å². The van der Waals surface area contributed by atoms with Gasteiger partial charge in [-0.3, -0.25) is 4.68 Å². The molecule has 0 aromatic carbocycles. The van der Waals surface area contributed by atoms with Gasteiger partial charge in [-0.1, -0.05) is 38.8 Å². The highest BCUT2D eigenvalue weighted by atomic mass is 35.5. The van der Waals surface area contributed by atoms with Gasteiger partial charge in [0.25, 0.3) is 0 Å². The topological polar surface area (TPSA) is 29.9 Å². The van der Waals surface area contributed by atoms with Gasteiger partial charge in [-0.15, -0.1) is 0 Å². The Balaban J connectivity index is 2.72. The zero-order chi connectivity index (χ0) is 14.3. The van der Waals surface area contributed by atoms with E-state index in [1.807, 2.05) is 0 Å². The molecule has 1 N–H and O–H groups in total. The predicted octanol–water partition coefficient (Wildman–Crippen LogP) is 3.83. The van der Waals surface area contributed by atoms with Gasteiger partial charge in [0.05, 0.1) is 16.4 Å². The summed E-state index contributed by atoms with van der Waals surface area (Å²) in [5, 5.41) is 9.02. The summed E-state index contributed by atoms with van der Waals surface area (Å²) >= 11 is 6.44. The van der Waals surface area contributed by atoms with Crippen molar-refractivity contribution in [2.45, 2.75) is 72.4 Å². The maximum Gasteiger partial charge on any atom is 0.0849 e. The Labute approximate surface area is 122 Å². The van der Waals surface area contributed by atoms with Gasteiger partial charge in [0.2, 0.25) is 0 Å². The van der Waals surface area contributed by atoms with Crippen molar-refractivity contribution in [3.63, 3.8) is 0 Å². The molecule has 0 bridgehead atoms. The normalized spacial score (nSPS) is 12.9. The molecule has 1 aromatic heterocycles. The molecular formula is C15H28ClN3. The minimum absolute atomic E-state index is 0.594. The molecule has 0 aliphatic rings.